The van der Waals surface area contributed by atoms with Crippen molar-refractivity contribution in [1.29, 1.82) is 5.41 Å². The van der Waals surface area contributed by atoms with Crippen LogP contribution >= 0.6 is 0 Å². The summed E-state index contributed by atoms with van der Waals surface area (Å²) in [4.78, 5) is 1.99. The van der Waals surface area contributed by atoms with E-state index < -0.39 is 0 Å². The molecule has 0 unspecified atom stereocenters. The van der Waals surface area contributed by atoms with Crippen molar-refractivity contribution >= 4 is 5.84 Å². The molecular weight excluding hydrogens is 208 g/mol. The normalized spacial score (nSPS) is 11.4. The first-order chi connectivity index (χ1) is 7.86. The van der Waals surface area contributed by atoms with Gasteiger partial charge in [0.25, 0.3) is 0 Å². The highest BCUT2D eigenvalue weighted by Crippen LogP contribution is 2.22. The van der Waals surface area contributed by atoms with Crippen molar-refractivity contribution in [1.82, 2.24) is 4.90 Å². The number of benzene rings is 1. The second-order valence-electron chi connectivity index (χ2n) is 5.60. The van der Waals surface area contributed by atoms with E-state index >= 15 is 0 Å². The lowest BCUT2D eigenvalue weighted by Crippen LogP contribution is -2.27. The van der Waals surface area contributed by atoms with Gasteiger partial charge in [0, 0.05) is 19.2 Å². The molecule has 1 N–H and O–H groups in total. The van der Waals surface area contributed by atoms with Crippen LogP contribution < -0.4 is 0 Å². The van der Waals surface area contributed by atoms with Gasteiger partial charge in [-0.2, -0.15) is 0 Å². The molecule has 0 atom stereocenters. The number of hydrogen-bond acceptors (Lipinski definition) is 1. The van der Waals surface area contributed by atoms with Crippen LogP contribution in [0.5, 0.6) is 0 Å². The minimum Gasteiger partial charge on any atom is -0.360 e. The maximum Gasteiger partial charge on any atom is 0.127 e. The lowest BCUT2D eigenvalue weighted by Gasteiger charge is -2.22. The van der Waals surface area contributed by atoms with Crippen LogP contribution in [0, 0.1) is 5.41 Å². The molecule has 0 saturated carbocycles. The largest absolute Gasteiger partial charge is 0.360 e. The summed E-state index contributed by atoms with van der Waals surface area (Å²) in [6.45, 7) is 9.68. The summed E-state index contributed by atoms with van der Waals surface area (Å²) in [5, 5.41) is 8.09. The molecule has 1 rings (SSSR count). The quantitative estimate of drug-likeness (QED) is 0.625. The Bertz CT molecular complexity index is 371. The number of nitrogens with zero attached hydrogens (tertiary/aromatic N) is 1. The molecule has 0 spiro atoms. The number of amidine groups is 1. The molecule has 0 radical (unpaired) electrons. The third-order valence-corrected chi connectivity index (χ3v) is 2.97. The van der Waals surface area contributed by atoms with Gasteiger partial charge in [0.1, 0.15) is 5.84 Å². The van der Waals surface area contributed by atoms with Gasteiger partial charge in [-0.05, 0) is 17.4 Å². The minimum absolute atomic E-state index is 0.177. The maximum atomic E-state index is 8.09. The zero-order valence-corrected chi connectivity index (χ0v) is 11.7. The zero-order valence-electron chi connectivity index (χ0n) is 11.7. The predicted molar refractivity (Wildman–Crippen MR) is 74.9 cm³/mol. The number of rotatable bonds is 3. The van der Waals surface area contributed by atoms with Crippen molar-refractivity contribution in [2.24, 2.45) is 0 Å². The van der Waals surface area contributed by atoms with E-state index in [2.05, 4.69) is 52.0 Å². The summed E-state index contributed by atoms with van der Waals surface area (Å²) in [5.74, 6) is 0.604. The fourth-order valence-corrected chi connectivity index (χ4v) is 1.80. The van der Waals surface area contributed by atoms with Gasteiger partial charge in [0.2, 0.25) is 0 Å². The van der Waals surface area contributed by atoms with E-state index in [0.717, 1.165) is 18.5 Å². The van der Waals surface area contributed by atoms with Crippen molar-refractivity contribution < 1.29 is 0 Å². The van der Waals surface area contributed by atoms with Gasteiger partial charge in [-0.25, -0.2) is 0 Å². The minimum atomic E-state index is 0.177. The smallest absolute Gasteiger partial charge is 0.127 e. The van der Waals surface area contributed by atoms with E-state index in [4.69, 9.17) is 5.41 Å². The van der Waals surface area contributed by atoms with Crippen LogP contribution in [0.4, 0.5) is 0 Å². The van der Waals surface area contributed by atoms with Crippen molar-refractivity contribution in [2.75, 3.05) is 13.6 Å². The molecule has 1 aromatic rings. The molecule has 0 aliphatic heterocycles. The third-order valence-electron chi connectivity index (χ3n) is 2.97. The van der Waals surface area contributed by atoms with Gasteiger partial charge < -0.3 is 4.90 Å². The lowest BCUT2D eigenvalue weighted by atomic mass is 9.86. The van der Waals surface area contributed by atoms with Crippen LogP contribution in [0.15, 0.2) is 24.3 Å². The Morgan fingerprint density at radius 2 is 1.71 bits per heavy atom. The standard InChI is InChI=1S/C15H24N2/c1-6-11-17(5)14(16)12-7-9-13(10-8-12)15(2,3)4/h7-10,16H,6,11H2,1-5H3. The zero-order chi connectivity index (χ0) is 13.1. The molecule has 0 saturated heterocycles. The summed E-state index contributed by atoms with van der Waals surface area (Å²) >= 11 is 0. The molecule has 0 aromatic heterocycles. The van der Waals surface area contributed by atoms with E-state index in [1.54, 1.807) is 0 Å². The SMILES string of the molecule is CCCN(C)C(=N)c1ccc(C(C)(C)C)cc1. The van der Waals surface area contributed by atoms with E-state index in [1.165, 1.54) is 5.56 Å². The van der Waals surface area contributed by atoms with Gasteiger partial charge in [0.05, 0.1) is 0 Å². The topological polar surface area (TPSA) is 27.1 Å². The van der Waals surface area contributed by atoms with E-state index in [9.17, 15) is 0 Å². The fourth-order valence-electron chi connectivity index (χ4n) is 1.80. The molecule has 0 aliphatic rings. The van der Waals surface area contributed by atoms with E-state index in [-0.39, 0.29) is 5.41 Å². The van der Waals surface area contributed by atoms with Crippen molar-refractivity contribution in [3.8, 4) is 0 Å². The average Bonchev–Trinajstić information content (AvgIpc) is 2.27. The molecule has 2 nitrogen and oxygen atoms in total. The van der Waals surface area contributed by atoms with Crippen molar-refractivity contribution in [3.05, 3.63) is 35.4 Å². The molecule has 0 aliphatic carbocycles. The summed E-state index contributed by atoms with van der Waals surface area (Å²) in [7, 11) is 1.98. The van der Waals surface area contributed by atoms with Gasteiger partial charge in [-0.15, -0.1) is 0 Å². The Hall–Kier alpha value is -1.31. The predicted octanol–water partition coefficient (Wildman–Crippen LogP) is 3.65. The average molecular weight is 232 g/mol. The van der Waals surface area contributed by atoms with Crippen LogP contribution in [0.2, 0.25) is 0 Å². The molecule has 1 aromatic carbocycles. The van der Waals surface area contributed by atoms with Gasteiger partial charge in [-0.1, -0.05) is 52.0 Å². The van der Waals surface area contributed by atoms with Crippen molar-refractivity contribution in [3.63, 3.8) is 0 Å². The maximum absolute atomic E-state index is 8.09. The summed E-state index contributed by atoms with van der Waals surface area (Å²) in [5.41, 5.74) is 2.48. The highest BCUT2D eigenvalue weighted by Gasteiger charge is 2.14. The first kappa shape index (κ1) is 13.8. The summed E-state index contributed by atoms with van der Waals surface area (Å²) in [6.07, 6.45) is 1.07. The fraction of sp³-hybridized carbons (Fsp3) is 0.533. The van der Waals surface area contributed by atoms with E-state index in [0.29, 0.717) is 5.84 Å². The Labute approximate surface area is 105 Å². The van der Waals surface area contributed by atoms with Crippen LogP contribution in [0.3, 0.4) is 0 Å². The molecule has 0 amide bonds. The monoisotopic (exact) mass is 232 g/mol. The van der Waals surface area contributed by atoms with Crippen molar-refractivity contribution in [2.45, 2.75) is 39.5 Å². The second kappa shape index (κ2) is 5.35. The van der Waals surface area contributed by atoms with Gasteiger partial charge in [0.15, 0.2) is 0 Å². The third kappa shape index (κ3) is 3.58. The Morgan fingerprint density at radius 3 is 2.12 bits per heavy atom. The van der Waals surface area contributed by atoms with Gasteiger partial charge in [-0.3, -0.25) is 5.41 Å². The molecular formula is C15H24N2. The summed E-state index contributed by atoms with van der Waals surface area (Å²) < 4.78 is 0. The Kier molecular flexibility index (Phi) is 4.33. The summed E-state index contributed by atoms with van der Waals surface area (Å²) in [6, 6.07) is 8.36. The molecule has 94 valence electrons. The Morgan fingerprint density at radius 1 is 1.18 bits per heavy atom. The Balaban J connectivity index is 2.84. The molecule has 2 heteroatoms. The second-order valence-corrected chi connectivity index (χ2v) is 5.60. The first-order valence-electron chi connectivity index (χ1n) is 6.27. The highest BCUT2D eigenvalue weighted by atomic mass is 15.1. The lowest BCUT2D eigenvalue weighted by molar-refractivity contribution is 0.499. The van der Waals surface area contributed by atoms with Crippen LogP contribution in [0.25, 0.3) is 0 Å². The molecule has 0 fully saturated rings. The van der Waals surface area contributed by atoms with Gasteiger partial charge >= 0.3 is 0 Å². The highest BCUT2D eigenvalue weighted by molar-refractivity contribution is 5.96. The molecule has 0 heterocycles. The number of hydrogen-bond donors (Lipinski definition) is 1. The van der Waals surface area contributed by atoms with E-state index in [1.807, 2.05) is 11.9 Å². The first-order valence-corrected chi connectivity index (χ1v) is 6.27. The van der Waals surface area contributed by atoms with Crippen LogP contribution in [-0.2, 0) is 5.41 Å². The molecule has 17 heavy (non-hydrogen) atoms. The van der Waals surface area contributed by atoms with Crippen LogP contribution in [-0.4, -0.2) is 24.3 Å². The number of nitrogens with one attached hydrogen (secondary N) is 1. The molecule has 0 bridgehead atoms. The van der Waals surface area contributed by atoms with Crippen LogP contribution in [0.1, 0.15) is 45.2 Å².